The highest BCUT2D eigenvalue weighted by Gasteiger charge is 2.27. The van der Waals surface area contributed by atoms with Gasteiger partial charge in [0, 0.05) is 18.6 Å². The summed E-state index contributed by atoms with van der Waals surface area (Å²) < 4.78 is 21.7. The summed E-state index contributed by atoms with van der Waals surface area (Å²) >= 11 is 0. The van der Waals surface area contributed by atoms with Crippen LogP contribution in [-0.2, 0) is 10.0 Å². The molecule has 94 valence electrons. The lowest BCUT2D eigenvalue weighted by molar-refractivity contribution is 0.206. The minimum absolute atomic E-state index is 0.0771. The molecule has 0 aromatic heterocycles. The number of rotatable bonds is 5. The van der Waals surface area contributed by atoms with E-state index in [0.29, 0.717) is 12.6 Å². The number of piperidine rings is 1. The molecule has 5 nitrogen and oxygen atoms in total. The fourth-order valence-corrected chi connectivity index (χ4v) is 2.68. The first kappa shape index (κ1) is 12.3. The molecule has 0 aromatic rings. The monoisotopic (exact) mass is 247 g/mol. The van der Waals surface area contributed by atoms with Gasteiger partial charge in [-0.25, -0.2) is 13.6 Å². The van der Waals surface area contributed by atoms with Crippen LogP contribution in [0.25, 0.3) is 0 Å². The molecule has 1 saturated heterocycles. The zero-order valence-electron chi connectivity index (χ0n) is 9.56. The highest BCUT2D eigenvalue weighted by Crippen LogP contribution is 2.22. The van der Waals surface area contributed by atoms with E-state index in [1.54, 1.807) is 0 Å². The molecule has 0 atom stereocenters. The lowest BCUT2D eigenvalue weighted by Gasteiger charge is -2.32. The Bertz CT molecular complexity index is 319. The van der Waals surface area contributed by atoms with Gasteiger partial charge in [-0.1, -0.05) is 0 Å². The zero-order valence-corrected chi connectivity index (χ0v) is 10.4. The van der Waals surface area contributed by atoms with Crippen LogP contribution >= 0.6 is 0 Å². The minimum Gasteiger partial charge on any atom is -0.311 e. The van der Waals surface area contributed by atoms with Crippen molar-refractivity contribution in [2.45, 2.75) is 37.8 Å². The minimum atomic E-state index is -3.30. The number of nitrogens with two attached hydrogens (primary N) is 1. The van der Waals surface area contributed by atoms with E-state index in [4.69, 9.17) is 5.14 Å². The van der Waals surface area contributed by atoms with Crippen LogP contribution in [0.15, 0.2) is 0 Å². The molecule has 1 aliphatic carbocycles. The van der Waals surface area contributed by atoms with Gasteiger partial charge in [0.1, 0.15) is 0 Å². The summed E-state index contributed by atoms with van der Waals surface area (Å²) in [5, 5.41) is 8.60. The van der Waals surface area contributed by atoms with Crippen LogP contribution in [0.1, 0.15) is 25.7 Å². The third-order valence-electron chi connectivity index (χ3n) is 3.33. The number of likely N-dealkylation sites (tertiary alicyclic amines) is 1. The second-order valence-corrected chi connectivity index (χ2v) is 6.66. The number of sulfonamides is 1. The molecule has 2 aliphatic rings. The Morgan fingerprint density at radius 1 is 1.12 bits per heavy atom. The van der Waals surface area contributed by atoms with Gasteiger partial charge in [0.25, 0.3) is 0 Å². The summed E-state index contributed by atoms with van der Waals surface area (Å²) in [6.45, 7) is 2.55. The number of primary sulfonamides is 1. The Morgan fingerprint density at radius 3 is 2.19 bits per heavy atom. The lowest BCUT2D eigenvalue weighted by Crippen LogP contribution is -2.44. The van der Waals surface area contributed by atoms with E-state index in [0.717, 1.165) is 32.0 Å². The molecule has 2 fully saturated rings. The summed E-state index contributed by atoms with van der Waals surface area (Å²) in [6, 6.07) is 1.40. The molecular formula is C10H21N3O2S. The quantitative estimate of drug-likeness (QED) is 0.686. The van der Waals surface area contributed by atoms with Crippen molar-refractivity contribution in [3.05, 3.63) is 0 Å². The van der Waals surface area contributed by atoms with Crippen molar-refractivity contribution < 1.29 is 8.42 Å². The van der Waals surface area contributed by atoms with Crippen LogP contribution in [0, 0.1) is 0 Å². The fraction of sp³-hybridized carbons (Fsp3) is 1.00. The molecule has 0 amide bonds. The maximum absolute atomic E-state index is 10.8. The maximum Gasteiger partial charge on any atom is 0.210 e. The van der Waals surface area contributed by atoms with E-state index in [-0.39, 0.29) is 5.75 Å². The van der Waals surface area contributed by atoms with Gasteiger partial charge in [-0.05, 0) is 38.8 Å². The summed E-state index contributed by atoms with van der Waals surface area (Å²) in [7, 11) is -3.30. The van der Waals surface area contributed by atoms with Crippen molar-refractivity contribution in [2.75, 3.05) is 25.4 Å². The molecule has 1 aliphatic heterocycles. The average Bonchev–Trinajstić information content (AvgIpc) is 3.00. The van der Waals surface area contributed by atoms with E-state index in [9.17, 15) is 8.42 Å². The molecular weight excluding hydrogens is 226 g/mol. The zero-order chi connectivity index (χ0) is 11.6. The molecule has 1 saturated carbocycles. The Labute approximate surface area is 97.4 Å². The van der Waals surface area contributed by atoms with Crippen molar-refractivity contribution in [3.8, 4) is 0 Å². The number of nitrogens with one attached hydrogen (secondary N) is 1. The van der Waals surface area contributed by atoms with Crippen molar-refractivity contribution in [2.24, 2.45) is 5.14 Å². The van der Waals surface area contributed by atoms with Gasteiger partial charge in [0.2, 0.25) is 10.0 Å². The second-order valence-electron chi connectivity index (χ2n) is 4.92. The summed E-state index contributed by atoms with van der Waals surface area (Å²) in [6.07, 6.45) is 4.90. The van der Waals surface area contributed by atoms with Crippen LogP contribution < -0.4 is 10.5 Å². The number of hydrogen-bond donors (Lipinski definition) is 2. The predicted molar refractivity (Wildman–Crippen MR) is 63.6 cm³/mol. The Balaban J connectivity index is 1.64. The Morgan fingerprint density at radius 2 is 1.69 bits per heavy atom. The first-order valence-corrected chi connectivity index (χ1v) is 7.73. The molecule has 0 unspecified atom stereocenters. The number of nitrogens with zero attached hydrogens (tertiary/aromatic N) is 1. The smallest absolute Gasteiger partial charge is 0.210 e. The van der Waals surface area contributed by atoms with Crippen molar-refractivity contribution >= 4 is 10.0 Å². The van der Waals surface area contributed by atoms with E-state index >= 15 is 0 Å². The van der Waals surface area contributed by atoms with Crippen LogP contribution in [0.4, 0.5) is 0 Å². The maximum atomic E-state index is 10.8. The van der Waals surface area contributed by atoms with Gasteiger partial charge in [-0.15, -0.1) is 0 Å². The first-order chi connectivity index (χ1) is 7.53. The Hall–Kier alpha value is -0.170. The molecule has 2 rings (SSSR count). The normalized spacial score (nSPS) is 24.8. The van der Waals surface area contributed by atoms with Crippen LogP contribution in [0.2, 0.25) is 0 Å². The summed E-state index contributed by atoms with van der Waals surface area (Å²) in [4.78, 5) is 2.19. The largest absolute Gasteiger partial charge is 0.311 e. The first-order valence-electron chi connectivity index (χ1n) is 6.02. The molecule has 16 heavy (non-hydrogen) atoms. The Kier molecular flexibility index (Phi) is 3.84. The van der Waals surface area contributed by atoms with E-state index in [1.807, 2.05) is 0 Å². The van der Waals surface area contributed by atoms with Crippen LogP contribution in [0.3, 0.4) is 0 Å². The van der Waals surface area contributed by atoms with Crippen LogP contribution in [-0.4, -0.2) is 50.8 Å². The van der Waals surface area contributed by atoms with Gasteiger partial charge >= 0.3 is 0 Å². The van der Waals surface area contributed by atoms with E-state index < -0.39 is 10.0 Å². The van der Waals surface area contributed by atoms with Gasteiger partial charge in [-0.3, -0.25) is 0 Å². The second kappa shape index (κ2) is 5.00. The third kappa shape index (κ3) is 4.37. The van der Waals surface area contributed by atoms with Gasteiger partial charge in [0.15, 0.2) is 0 Å². The fourth-order valence-electron chi connectivity index (χ4n) is 2.16. The summed E-state index contributed by atoms with van der Waals surface area (Å²) in [5.41, 5.74) is 0. The third-order valence-corrected chi connectivity index (χ3v) is 4.08. The summed E-state index contributed by atoms with van der Waals surface area (Å²) in [5.74, 6) is 0.0771. The van der Waals surface area contributed by atoms with Crippen LogP contribution in [0.5, 0.6) is 0 Å². The number of hydrogen-bond acceptors (Lipinski definition) is 4. The molecule has 1 heterocycles. The molecule has 0 aromatic carbocycles. The highest BCUT2D eigenvalue weighted by atomic mass is 32.2. The highest BCUT2D eigenvalue weighted by molar-refractivity contribution is 7.89. The molecule has 6 heteroatoms. The van der Waals surface area contributed by atoms with E-state index in [1.165, 1.54) is 12.8 Å². The molecule has 0 radical (unpaired) electrons. The average molecular weight is 247 g/mol. The predicted octanol–water partition coefficient (Wildman–Crippen LogP) is -0.509. The SMILES string of the molecule is NS(=O)(=O)CCN1CCC(NC2CC2)CC1. The van der Waals surface area contributed by atoms with Crippen molar-refractivity contribution in [1.82, 2.24) is 10.2 Å². The molecule has 0 bridgehead atoms. The molecule has 3 N–H and O–H groups in total. The van der Waals surface area contributed by atoms with Gasteiger partial charge < -0.3 is 10.2 Å². The van der Waals surface area contributed by atoms with Gasteiger partial charge in [0.05, 0.1) is 5.75 Å². The van der Waals surface area contributed by atoms with E-state index in [2.05, 4.69) is 10.2 Å². The van der Waals surface area contributed by atoms with Crippen molar-refractivity contribution in [1.29, 1.82) is 0 Å². The molecule has 0 spiro atoms. The topological polar surface area (TPSA) is 75.4 Å². The van der Waals surface area contributed by atoms with Gasteiger partial charge in [-0.2, -0.15) is 0 Å². The standard InChI is InChI=1S/C10H21N3O2S/c11-16(14,15)8-7-13-5-3-10(4-6-13)12-9-1-2-9/h9-10,12H,1-8H2,(H2,11,14,15). The lowest BCUT2D eigenvalue weighted by atomic mass is 10.1. The van der Waals surface area contributed by atoms with Crippen molar-refractivity contribution in [3.63, 3.8) is 0 Å².